The third kappa shape index (κ3) is 5.83. The van der Waals surface area contributed by atoms with Crippen molar-refractivity contribution in [1.29, 1.82) is 0 Å². The number of rotatable bonds is 8. The van der Waals surface area contributed by atoms with Crippen molar-refractivity contribution in [3.05, 3.63) is 30.3 Å². The van der Waals surface area contributed by atoms with Crippen LogP contribution in [0.5, 0.6) is 11.5 Å². The number of aliphatic hydroxyl groups excluding tert-OH is 1. The number of nitrogens with zero attached hydrogens (tertiary/aromatic N) is 2. The van der Waals surface area contributed by atoms with Gasteiger partial charge < -0.3 is 25.3 Å². The largest absolute Gasteiger partial charge is 0.497 e. The molecule has 0 saturated carbocycles. The molecular formula is C18H27N5O3. The van der Waals surface area contributed by atoms with Gasteiger partial charge in [0.25, 0.3) is 0 Å². The highest BCUT2D eigenvalue weighted by Crippen LogP contribution is 2.32. The molecule has 0 spiro atoms. The van der Waals surface area contributed by atoms with Gasteiger partial charge in [0.15, 0.2) is 5.82 Å². The summed E-state index contributed by atoms with van der Waals surface area (Å²) in [6.07, 6.45) is -0.650. The van der Waals surface area contributed by atoms with Crippen molar-refractivity contribution in [3.8, 4) is 22.8 Å². The lowest BCUT2D eigenvalue weighted by Gasteiger charge is -2.23. The summed E-state index contributed by atoms with van der Waals surface area (Å²) in [6, 6.07) is 8.92. The van der Waals surface area contributed by atoms with E-state index in [1.54, 1.807) is 25.3 Å². The van der Waals surface area contributed by atoms with E-state index in [0.717, 1.165) is 5.56 Å². The number of nitrogens with two attached hydrogens (primary N) is 1. The van der Waals surface area contributed by atoms with Gasteiger partial charge in [0, 0.05) is 23.7 Å². The zero-order chi connectivity index (χ0) is 19.2. The molecule has 0 fully saturated rings. The van der Waals surface area contributed by atoms with Crippen LogP contribution in [0.1, 0.15) is 20.8 Å². The monoisotopic (exact) mass is 361 g/mol. The maximum absolute atomic E-state index is 10.2. The number of anilines is 1. The third-order valence-corrected chi connectivity index (χ3v) is 3.58. The molecule has 0 aliphatic heterocycles. The van der Waals surface area contributed by atoms with Crippen molar-refractivity contribution in [2.24, 2.45) is 5.84 Å². The molecule has 0 aliphatic rings. The van der Waals surface area contributed by atoms with Gasteiger partial charge in [0.2, 0.25) is 0 Å². The van der Waals surface area contributed by atoms with Crippen molar-refractivity contribution in [2.75, 3.05) is 25.7 Å². The van der Waals surface area contributed by atoms with E-state index in [2.05, 4.69) is 20.9 Å². The summed E-state index contributed by atoms with van der Waals surface area (Å²) in [5.41, 5.74) is 3.74. The lowest BCUT2D eigenvalue weighted by Crippen LogP contribution is -2.42. The molecular weight excluding hydrogens is 334 g/mol. The van der Waals surface area contributed by atoms with E-state index >= 15 is 0 Å². The van der Waals surface area contributed by atoms with Crippen molar-refractivity contribution < 1.29 is 14.6 Å². The second-order valence-electron chi connectivity index (χ2n) is 6.91. The number of aromatic nitrogens is 2. The van der Waals surface area contributed by atoms with E-state index in [9.17, 15) is 5.11 Å². The Kier molecular flexibility index (Phi) is 6.73. The van der Waals surface area contributed by atoms with Crippen molar-refractivity contribution >= 4 is 5.82 Å². The van der Waals surface area contributed by atoms with Gasteiger partial charge in [-0.1, -0.05) is 0 Å². The molecule has 26 heavy (non-hydrogen) atoms. The van der Waals surface area contributed by atoms with Gasteiger partial charge in [-0.3, -0.25) is 0 Å². The van der Waals surface area contributed by atoms with Crippen LogP contribution in [0.15, 0.2) is 30.3 Å². The number of hydrogen-bond donors (Lipinski definition) is 4. The fraction of sp³-hybridized carbons (Fsp3) is 0.444. The topological polar surface area (TPSA) is 115 Å². The number of methoxy groups -OCH3 is 1. The standard InChI is InChI=1S/C18H27N5O3/c1-18(2,3)20-10-12(24)11-26-16-9-13(25-4)5-6-14(16)15-7-8-17(21-19)23-22-15/h5-9,12,20,24H,10-11,19H2,1-4H3,(H,21,23). The molecule has 1 unspecified atom stereocenters. The highest BCUT2D eigenvalue weighted by atomic mass is 16.5. The van der Waals surface area contributed by atoms with E-state index < -0.39 is 6.10 Å². The fourth-order valence-electron chi connectivity index (χ4n) is 2.18. The van der Waals surface area contributed by atoms with Gasteiger partial charge in [0.1, 0.15) is 24.2 Å². The number of hydrazine groups is 1. The number of nitrogen functional groups attached to an aromatic ring is 1. The minimum absolute atomic E-state index is 0.0729. The lowest BCUT2D eigenvalue weighted by atomic mass is 10.1. The molecule has 2 rings (SSSR count). The van der Waals surface area contributed by atoms with Crippen LogP contribution in [-0.2, 0) is 0 Å². The molecule has 8 nitrogen and oxygen atoms in total. The van der Waals surface area contributed by atoms with Gasteiger partial charge in [-0.25, -0.2) is 5.84 Å². The van der Waals surface area contributed by atoms with Crippen LogP contribution in [0.2, 0.25) is 0 Å². The molecule has 0 aliphatic carbocycles. The first kappa shape index (κ1) is 19.9. The molecule has 142 valence electrons. The molecule has 1 aromatic heterocycles. The van der Waals surface area contributed by atoms with Crippen LogP contribution >= 0.6 is 0 Å². The summed E-state index contributed by atoms with van der Waals surface area (Å²) in [7, 11) is 1.59. The van der Waals surface area contributed by atoms with Crippen LogP contribution in [0, 0.1) is 0 Å². The average molecular weight is 361 g/mol. The van der Waals surface area contributed by atoms with Crippen LogP contribution in [0.25, 0.3) is 11.3 Å². The summed E-state index contributed by atoms with van der Waals surface area (Å²) in [5, 5.41) is 21.5. The number of benzene rings is 1. The predicted octanol–water partition coefficient (Wildman–Crippen LogP) is 1.57. The fourth-order valence-corrected chi connectivity index (χ4v) is 2.18. The van der Waals surface area contributed by atoms with Gasteiger partial charge in [-0.05, 0) is 45.0 Å². The summed E-state index contributed by atoms with van der Waals surface area (Å²) in [5.74, 6) is 6.99. The molecule has 0 bridgehead atoms. The Balaban J connectivity index is 2.14. The van der Waals surface area contributed by atoms with Crippen LogP contribution in [0.3, 0.4) is 0 Å². The van der Waals surface area contributed by atoms with Crippen molar-refractivity contribution in [1.82, 2.24) is 15.5 Å². The first-order valence-corrected chi connectivity index (χ1v) is 8.37. The zero-order valence-corrected chi connectivity index (χ0v) is 15.6. The van der Waals surface area contributed by atoms with Gasteiger partial charge in [-0.15, -0.1) is 10.2 Å². The highest BCUT2D eigenvalue weighted by Gasteiger charge is 2.15. The maximum atomic E-state index is 10.2. The van der Waals surface area contributed by atoms with Crippen LogP contribution in [-0.4, -0.2) is 47.2 Å². The molecule has 5 N–H and O–H groups in total. The van der Waals surface area contributed by atoms with Crippen molar-refractivity contribution in [3.63, 3.8) is 0 Å². The zero-order valence-electron chi connectivity index (χ0n) is 15.6. The van der Waals surface area contributed by atoms with E-state index in [1.165, 1.54) is 0 Å². The quantitative estimate of drug-likeness (QED) is 0.414. The van der Waals surface area contributed by atoms with E-state index in [-0.39, 0.29) is 12.1 Å². The van der Waals surface area contributed by atoms with Crippen LogP contribution in [0.4, 0.5) is 5.82 Å². The molecule has 1 heterocycles. The molecule has 8 heteroatoms. The smallest absolute Gasteiger partial charge is 0.162 e. The summed E-state index contributed by atoms with van der Waals surface area (Å²) in [6.45, 7) is 6.69. The summed E-state index contributed by atoms with van der Waals surface area (Å²) >= 11 is 0. The number of hydrogen-bond acceptors (Lipinski definition) is 8. The number of ether oxygens (including phenoxy) is 2. The van der Waals surface area contributed by atoms with Crippen molar-refractivity contribution in [2.45, 2.75) is 32.4 Å². The Hall–Kier alpha value is -2.42. The van der Waals surface area contributed by atoms with E-state index in [1.807, 2.05) is 32.9 Å². The Morgan fingerprint density at radius 2 is 1.96 bits per heavy atom. The molecule has 2 aromatic rings. The molecule has 0 amide bonds. The number of aliphatic hydroxyl groups is 1. The lowest BCUT2D eigenvalue weighted by molar-refractivity contribution is 0.100. The Morgan fingerprint density at radius 1 is 1.19 bits per heavy atom. The molecule has 1 atom stereocenters. The van der Waals surface area contributed by atoms with Gasteiger partial charge in [-0.2, -0.15) is 0 Å². The maximum Gasteiger partial charge on any atom is 0.162 e. The van der Waals surface area contributed by atoms with Gasteiger partial charge >= 0.3 is 0 Å². The Morgan fingerprint density at radius 3 is 2.54 bits per heavy atom. The Labute approximate surface area is 153 Å². The molecule has 0 radical (unpaired) electrons. The SMILES string of the molecule is COc1ccc(-c2ccc(NN)nn2)c(OCC(O)CNC(C)(C)C)c1. The average Bonchev–Trinajstić information content (AvgIpc) is 2.64. The Bertz CT molecular complexity index is 701. The number of β-amino-alcohol motifs (C(OH)–C–C–N with tert-alkyl or cyclic N) is 1. The second kappa shape index (κ2) is 8.79. The van der Waals surface area contributed by atoms with E-state index in [0.29, 0.717) is 29.6 Å². The van der Waals surface area contributed by atoms with E-state index in [4.69, 9.17) is 15.3 Å². The minimum atomic E-state index is -0.650. The third-order valence-electron chi connectivity index (χ3n) is 3.58. The summed E-state index contributed by atoms with van der Waals surface area (Å²) < 4.78 is 11.1. The second-order valence-corrected chi connectivity index (χ2v) is 6.91. The molecule has 1 aromatic carbocycles. The van der Waals surface area contributed by atoms with Gasteiger partial charge in [0.05, 0.1) is 12.8 Å². The minimum Gasteiger partial charge on any atom is -0.497 e. The molecule has 0 saturated heterocycles. The normalized spacial score (nSPS) is 12.5. The first-order valence-electron chi connectivity index (χ1n) is 8.37. The first-order chi connectivity index (χ1) is 12.3. The predicted molar refractivity (Wildman–Crippen MR) is 101 cm³/mol. The highest BCUT2D eigenvalue weighted by molar-refractivity contribution is 5.68. The van der Waals surface area contributed by atoms with Crippen LogP contribution < -0.4 is 26.1 Å². The summed E-state index contributed by atoms with van der Waals surface area (Å²) in [4.78, 5) is 0. The number of nitrogens with one attached hydrogen (secondary N) is 2.